The van der Waals surface area contributed by atoms with Crippen LogP contribution in [0.3, 0.4) is 0 Å². The summed E-state index contributed by atoms with van der Waals surface area (Å²) in [6.07, 6.45) is 0.891. The number of aryl methyl sites for hydroxylation is 2. The van der Waals surface area contributed by atoms with Crippen molar-refractivity contribution in [2.75, 3.05) is 0 Å². The normalized spacial score (nSPS) is 15.4. The van der Waals surface area contributed by atoms with E-state index in [4.69, 9.17) is 11.6 Å². The summed E-state index contributed by atoms with van der Waals surface area (Å²) in [5.74, 6) is 0. The SMILES string of the molecule is CC[C@@H](N[S+]([O-])C(C)(C)C)c1cc(C)c(Cl)c(C)c1. The molecule has 0 aliphatic heterocycles. The molecule has 2 atom stereocenters. The second kappa shape index (κ2) is 6.49. The van der Waals surface area contributed by atoms with E-state index in [2.05, 4.69) is 23.8 Å². The van der Waals surface area contributed by atoms with Crippen molar-refractivity contribution in [2.24, 2.45) is 0 Å². The van der Waals surface area contributed by atoms with Crippen molar-refractivity contribution in [3.8, 4) is 0 Å². The molecule has 0 saturated carbocycles. The molecule has 0 radical (unpaired) electrons. The van der Waals surface area contributed by atoms with Gasteiger partial charge in [0.2, 0.25) is 0 Å². The second-order valence-corrected chi connectivity index (χ2v) is 8.30. The zero-order chi connectivity index (χ0) is 14.8. The first kappa shape index (κ1) is 16.8. The predicted molar refractivity (Wildman–Crippen MR) is 85.0 cm³/mol. The summed E-state index contributed by atoms with van der Waals surface area (Å²) >= 11 is 5.13. The first-order valence-electron chi connectivity index (χ1n) is 6.61. The van der Waals surface area contributed by atoms with Crippen LogP contribution in [0.2, 0.25) is 5.02 Å². The van der Waals surface area contributed by atoms with Crippen molar-refractivity contribution in [3.05, 3.63) is 33.8 Å². The predicted octanol–water partition coefficient (Wildman–Crippen LogP) is 4.46. The first-order chi connectivity index (χ1) is 8.66. The molecule has 1 aromatic carbocycles. The van der Waals surface area contributed by atoms with Gasteiger partial charge >= 0.3 is 0 Å². The van der Waals surface area contributed by atoms with Crippen LogP contribution in [-0.4, -0.2) is 9.30 Å². The van der Waals surface area contributed by atoms with Gasteiger partial charge in [-0.15, -0.1) is 4.72 Å². The Hall–Kier alpha value is -0.220. The van der Waals surface area contributed by atoms with Gasteiger partial charge in [0.1, 0.15) is 4.75 Å². The summed E-state index contributed by atoms with van der Waals surface area (Å²) in [4.78, 5) is 0. The van der Waals surface area contributed by atoms with Crippen LogP contribution in [0, 0.1) is 13.8 Å². The van der Waals surface area contributed by atoms with E-state index in [0.29, 0.717) is 0 Å². The van der Waals surface area contributed by atoms with Crippen molar-refractivity contribution in [2.45, 2.75) is 58.8 Å². The fourth-order valence-electron chi connectivity index (χ4n) is 1.87. The third kappa shape index (κ3) is 4.38. The van der Waals surface area contributed by atoms with Crippen molar-refractivity contribution in [1.29, 1.82) is 0 Å². The molecule has 0 fully saturated rings. The lowest BCUT2D eigenvalue weighted by atomic mass is 10.0. The maximum atomic E-state index is 12.2. The molecular formula is C15H24ClNOS. The highest BCUT2D eigenvalue weighted by Gasteiger charge is 2.29. The van der Waals surface area contributed by atoms with E-state index >= 15 is 0 Å². The van der Waals surface area contributed by atoms with Gasteiger partial charge < -0.3 is 4.55 Å². The summed E-state index contributed by atoms with van der Waals surface area (Å²) in [5, 5.41) is 0.815. The molecule has 0 saturated heterocycles. The lowest BCUT2D eigenvalue weighted by Crippen LogP contribution is -2.41. The Balaban J connectivity index is 2.98. The molecule has 1 unspecified atom stereocenters. The minimum absolute atomic E-state index is 0.0923. The zero-order valence-electron chi connectivity index (χ0n) is 12.6. The van der Waals surface area contributed by atoms with E-state index in [1.165, 1.54) is 0 Å². The molecule has 1 N–H and O–H groups in total. The zero-order valence-corrected chi connectivity index (χ0v) is 14.2. The molecule has 0 aromatic heterocycles. The molecule has 0 bridgehead atoms. The van der Waals surface area contributed by atoms with Gasteiger partial charge in [-0.25, -0.2) is 0 Å². The van der Waals surface area contributed by atoms with Gasteiger partial charge in [0, 0.05) is 16.4 Å². The maximum absolute atomic E-state index is 12.2. The van der Waals surface area contributed by atoms with E-state index < -0.39 is 11.4 Å². The molecule has 1 rings (SSSR count). The van der Waals surface area contributed by atoms with Gasteiger partial charge in [-0.1, -0.05) is 30.7 Å². The molecule has 0 aliphatic rings. The van der Waals surface area contributed by atoms with Crippen molar-refractivity contribution in [3.63, 3.8) is 0 Å². The Morgan fingerprint density at radius 2 is 1.74 bits per heavy atom. The minimum atomic E-state index is -1.07. The third-order valence-corrected chi connectivity index (χ3v) is 5.28. The Labute approximate surface area is 125 Å². The lowest BCUT2D eigenvalue weighted by molar-refractivity contribution is 0.518. The Kier molecular flexibility index (Phi) is 5.75. The number of halogens is 1. The molecule has 0 heterocycles. The summed E-state index contributed by atoms with van der Waals surface area (Å²) < 4.78 is 15.2. The first-order valence-corrected chi connectivity index (χ1v) is 8.14. The second-order valence-electron chi connectivity index (χ2n) is 5.93. The Morgan fingerprint density at radius 3 is 2.11 bits per heavy atom. The number of nitrogens with one attached hydrogen (secondary N) is 1. The monoisotopic (exact) mass is 301 g/mol. The van der Waals surface area contributed by atoms with E-state index in [1.54, 1.807) is 0 Å². The quantitative estimate of drug-likeness (QED) is 0.833. The Bertz CT molecular complexity index is 419. The summed E-state index contributed by atoms with van der Waals surface area (Å²) in [6, 6.07) is 4.25. The van der Waals surface area contributed by atoms with Gasteiger partial charge in [0.05, 0.1) is 6.04 Å². The summed E-state index contributed by atoms with van der Waals surface area (Å²) in [6.45, 7) is 12.0. The smallest absolute Gasteiger partial charge is 0.136 e. The van der Waals surface area contributed by atoms with Crippen LogP contribution >= 0.6 is 11.6 Å². The van der Waals surface area contributed by atoms with Crippen molar-refractivity contribution in [1.82, 2.24) is 4.72 Å². The van der Waals surface area contributed by atoms with Crippen LogP contribution in [0.5, 0.6) is 0 Å². The number of rotatable bonds is 4. The van der Waals surface area contributed by atoms with E-state index in [9.17, 15) is 4.55 Å². The minimum Gasteiger partial charge on any atom is -0.598 e. The van der Waals surface area contributed by atoms with Crippen LogP contribution in [-0.2, 0) is 11.4 Å². The van der Waals surface area contributed by atoms with Gasteiger partial charge in [-0.2, -0.15) is 0 Å². The molecule has 1 aromatic rings. The Morgan fingerprint density at radius 1 is 1.26 bits per heavy atom. The standard InChI is InChI=1S/C15H24ClNOS/c1-7-13(17-19(18)15(4,5)6)12-8-10(2)14(16)11(3)9-12/h8-9,13,17H,7H2,1-6H3/t13-,19?/m1/s1. The van der Waals surface area contributed by atoms with Crippen molar-refractivity contribution >= 4 is 23.0 Å². The summed E-state index contributed by atoms with van der Waals surface area (Å²) in [5.41, 5.74) is 3.29. The highest BCUT2D eigenvalue weighted by atomic mass is 35.5. The molecule has 19 heavy (non-hydrogen) atoms. The van der Waals surface area contributed by atoms with E-state index in [1.807, 2.05) is 34.6 Å². The van der Waals surface area contributed by atoms with Crippen LogP contribution < -0.4 is 4.72 Å². The number of hydrogen-bond acceptors (Lipinski definition) is 2. The van der Waals surface area contributed by atoms with Crippen LogP contribution in [0.25, 0.3) is 0 Å². The van der Waals surface area contributed by atoms with Gasteiger partial charge in [-0.05, 0) is 57.7 Å². The van der Waals surface area contributed by atoms with E-state index in [-0.39, 0.29) is 10.8 Å². The number of benzene rings is 1. The van der Waals surface area contributed by atoms with Crippen LogP contribution in [0.1, 0.15) is 56.8 Å². The molecule has 2 nitrogen and oxygen atoms in total. The molecule has 4 heteroatoms. The largest absolute Gasteiger partial charge is 0.598 e. The lowest BCUT2D eigenvalue weighted by Gasteiger charge is -2.28. The highest BCUT2D eigenvalue weighted by Crippen LogP contribution is 2.28. The fourth-order valence-corrected chi connectivity index (χ4v) is 2.90. The molecule has 0 spiro atoms. The third-order valence-electron chi connectivity index (χ3n) is 3.07. The molecule has 0 amide bonds. The van der Waals surface area contributed by atoms with E-state index in [0.717, 1.165) is 28.1 Å². The average molecular weight is 302 g/mol. The maximum Gasteiger partial charge on any atom is 0.136 e. The number of hydrogen-bond donors (Lipinski definition) is 1. The van der Waals surface area contributed by atoms with Crippen LogP contribution in [0.15, 0.2) is 12.1 Å². The molecule has 108 valence electrons. The highest BCUT2D eigenvalue weighted by molar-refractivity contribution is 7.90. The average Bonchev–Trinajstić information content (AvgIpc) is 2.30. The van der Waals surface area contributed by atoms with Crippen LogP contribution in [0.4, 0.5) is 0 Å². The van der Waals surface area contributed by atoms with Crippen molar-refractivity contribution < 1.29 is 4.55 Å². The van der Waals surface area contributed by atoms with Gasteiger partial charge in [0.15, 0.2) is 0 Å². The van der Waals surface area contributed by atoms with Gasteiger partial charge in [0.25, 0.3) is 0 Å². The molecule has 0 aliphatic carbocycles. The summed E-state index contributed by atoms with van der Waals surface area (Å²) in [7, 11) is 0. The topological polar surface area (TPSA) is 35.1 Å². The fraction of sp³-hybridized carbons (Fsp3) is 0.600. The molecular weight excluding hydrogens is 278 g/mol. The van der Waals surface area contributed by atoms with Gasteiger partial charge in [-0.3, -0.25) is 0 Å².